The number of rotatable bonds is 2. The van der Waals surface area contributed by atoms with Crippen molar-refractivity contribution in [2.24, 2.45) is 0 Å². The van der Waals surface area contributed by atoms with Gasteiger partial charge in [-0.15, -0.1) is 0 Å². The number of carbonyl (C=O) groups is 2. The predicted molar refractivity (Wildman–Crippen MR) is 80.5 cm³/mol. The molecule has 1 aromatic carbocycles. The van der Waals surface area contributed by atoms with Gasteiger partial charge in [-0.2, -0.15) is 0 Å². The lowest BCUT2D eigenvalue weighted by molar-refractivity contribution is -0.118. The van der Waals surface area contributed by atoms with Crippen molar-refractivity contribution in [3.8, 4) is 5.75 Å². The molecule has 0 unspecified atom stereocenters. The number of pyridine rings is 1. The molecule has 2 heterocycles. The lowest BCUT2D eigenvalue weighted by atomic mass is 10.2. The Hall–Kier alpha value is -2.41. The van der Waals surface area contributed by atoms with E-state index in [2.05, 4.69) is 31.5 Å². The van der Waals surface area contributed by atoms with Gasteiger partial charge in [-0.1, -0.05) is 6.07 Å². The maximum Gasteiger partial charge on any atom is 0.274 e. The van der Waals surface area contributed by atoms with Gasteiger partial charge in [0.1, 0.15) is 11.4 Å². The van der Waals surface area contributed by atoms with E-state index in [1.165, 1.54) is 0 Å². The summed E-state index contributed by atoms with van der Waals surface area (Å²) in [6.45, 7) is -0.0394. The zero-order chi connectivity index (χ0) is 14.8. The number of hydrogen-bond acceptors (Lipinski definition) is 4. The first-order chi connectivity index (χ1) is 10.1. The number of benzene rings is 1. The molecular formula is C14H10BrN3O3. The molecule has 1 aromatic heterocycles. The predicted octanol–water partition coefficient (Wildman–Crippen LogP) is 2.43. The van der Waals surface area contributed by atoms with Crippen LogP contribution in [-0.4, -0.2) is 23.4 Å². The Bertz CT molecular complexity index is 719. The zero-order valence-corrected chi connectivity index (χ0v) is 12.3. The molecule has 0 saturated carbocycles. The molecule has 2 amide bonds. The molecule has 1 aliphatic heterocycles. The number of anilines is 2. The zero-order valence-electron chi connectivity index (χ0n) is 10.7. The van der Waals surface area contributed by atoms with E-state index in [1.54, 1.807) is 36.5 Å². The van der Waals surface area contributed by atoms with Gasteiger partial charge < -0.3 is 15.4 Å². The highest BCUT2D eigenvalue weighted by atomic mass is 79.9. The second kappa shape index (κ2) is 5.53. The molecule has 3 rings (SSSR count). The number of ether oxygens (including phenoxy) is 1. The molecule has 0 radical (unpaired) electrons. The summed E-state index contributed by atoms with van der Waals surface area (Å²) in [5.41, 5.74) is 1.42. The van der Waals surface area contributed by atoms with Gasteiger partial charge in [-0.25, -0.2) is 0 Å². The van der Waals surface area contributed by atoms with Crippen molar-refractivity contribution in [3.63, 3.8) is 0 Å². The lowest BCUT2D eigenvalue weighted by Gasteiger charge is -2.19. The standard InChI is InChI=1S/C14H10BrN3O3/c15-8-5-11-12(21-7-13(19)17-11)6-10(8)18-14(20)9-3-1-2-4-16-9/h1-6H,7H2,(H,17,19)(H,18,20). The minimum absolute atomic E-state index is 0.0394. The highest BCUT2D eigenvalue weighted by Gasteiger charge is 2.19. The summed E-state index contributed by atoms with van der Waals surface area (Å²) >= 11 is 3.35. The first-order valence-corrected chi connectivity index (χ1v) is 6.91. The summed E-state index contributed by atoms with van der Waals surface area (Å²) in [6.07, 6.45) is 1.55. The molecule has 0 aliphatic carbocycles. The van der Waals surface area contributed by atoms with Crippen LogP contribution in [0.2, 0.25) is 0 Å². The topological polar surface area (TPSA) is 80.3 Å². The Balaban J connectivity index is 1.86. The minimum atomic E-state index is -0.323. The van der Waals surface area contributed by atoms with Crippen LogP contribution in [0.4, 0.5) is 11.4 Å². The van der Waals surface area contributed by atoms with E-state index in [9.17, 15) is 9.59 Å². The number of amides is 2. The Morgan fingerprint density at radius 1 is 1.38 bits per heavy atom. The van der Waals surface area contributed by atoms with Gasteiger partial charge in [0.15, 0.2) is 6.61 Å². The van der Waals surface area contributed by atoms with E-state index in [-0.39, 0.29) is 18.4 Å². The number of nitrogens with one attached hydrogen (secondary N) is 2. The Morgan fingerprint density at radius 3 is 3.00 bits per heavy atom. The van der Waals surface area contributed by atoms with Crippen molar-refractivity contribution in [2.45, 2.75) is 0 Å². The van der Waals surface area contributed by atoms with Crippen LogP contribution in [0.25, 0.3) is 0 Å². The fourth-order valence-corrected chi connectivity index (χ4v) is 2.32. The largest absolute Gasteiger partial charge is 0.482 e. The van der Waals surface area contributed by atoms with E-state index in [0.29, 0.717) is 27.3 Å². The van der Waals surface area contributed by atoms with Gasteiger partial charge in [-0.3, -0.25) is 14.6 Å². The van der Waals surface area contributed by atoms with E-state index in [0.717, 1.165) is 0 Å². The Kier molecular flexibility index (Phi) is 3.57. The summed E-state index contributed by atoms with van der Waals surface area (Å²) in [6, 6.07) is 8.43. The van der Waals surface area contributed by atoms with Crippen LogP contribution >= 0.6 is 15.9 Å². The molecule has 106 valence electrons. The third-order valence-electron chi connectivity index (χ3n) is 2.85. The average molecular weight is 348 g/mol. The average Bonchev–Trinajstić information content (AvgIpc) is 2.49. The highest BCUT2D eigenvalue weighted by molar-refractivity contribution is 9.10. The quantitative estimate of drug-likeness (QED) is 0.874. The van der Waals surface area contributed by atoms with Crippen molar-refractivity contribution in [3.05, 3.63) is 46.7 Å². The maximum absolute atomic E-state index is 12.1. The van der Waals surface area contributed by atoms with Gasteiger partial charge in [0, 0.05) is 16.7 Å². The van der Waals surface area contributed by atoms with Crippen LogP contribution in [0.3, 0.4) is 0 Å². The van der Waals surface area contributed by atoms with E-state index in [1.807, 2.05) is 0 Å². The van der Waals surface area contributed by atoms with Crippen molar-refractivity contribution < 1.29 is 14.3 Å². The SMILES string of the molecule is O=C1COc2cc(NC(=O)c3ccccn3)c(Br)cc2N1. The number of fused-ring (bicyclic) bond motifs is 1. The molecule has 1 aliphatic rings. The maximum atomic E-state index is 12.1. The van der Waals surface area contributed by atoms with Crippen LogP contribution in [0.5, 0.6) is 5.75 Å². The Morgan fingerprint density at radius 2 is 2.24 bits per heavy atom. The summed E-state index contributed by atoms with van der Waals surface area (Å²) in [5.74, 6) is -0.0233. The fourth-order valence-electron chi connectivity index (χ4n) is 1.88. The molecule has 7 heteroatoms. The lowest BCUT2D eigenvalue weighted by Crippen LogP contribution is -2.25. The Labute approximate surface area is 128 Å². The van der Waals surface area contributed by atoms with Crippen LogP contribution in [0, 0.1) is 0 Å². The third-order valence-corrected chi connectivity index (χ3v) is 3.50. The van der Waals surface area contributed by atoms with Crippen molar-refractivity contribution >= 4 is 39.1 Å². The first-order valence-electron chi connectivity index (χ1n) is 6.12. The van der Waals surface area contributed by atoms with Crippen molar-refractivity contribution in [2.75, 3.05) is 17.2 Å². The van der Waals surface area contributed by atoms with Crippen LogP contribution in [0.15, 0.2) is 41.0 Å². The third kappa shape index (κ3) is 2.87. The van der Waals surface area contributed by atoms with Gasteiger partial charge in [0.2, 0.25) is 0 Å². The van der Waals surface area contributed by atoms with Crippen LogP contribution in [0.1, 0.15) is 10.5 Å². The van der Waals surface area contributed by atoms with Crippen LogP contribution in [-0.2, 0) is 4.79 Å². The number of hydrogen-bond donors (Lipinski definition) is 2. The van der Waals surface area contributed by atoms with Gasteiger partial charge >= 0.3 is 0 Å². The highest BCUT2D eigenvalue weighted by Crippen LogP contribution is 2.36. The monoisotopic (exact) mass is 347 g/mol. The molecule has 0 spiro atoms. The van der Waals surface area contributed by atoms with Crippen molar-refractivity contribution in [1.82, 2.24) is 4.98 Å². The van der Waals surface area contributed by atoms with Crippen LogP contribution < -0.4 is 15.4 Å². The second-order valence-electron chi connectivity index (χ2n) is 4.33. The molecule has 0 saturated heterocycles. The normalized spacial score (nSPS) is 12.9. The molecule has 21 heavy (non-hydrogen) atoms. The number of aromatic nitrogens is 1. The van der Waals surface area contributed by atoms with E-state index in [4.69, 9.17) is 4.74 Å². The molecule has 6 nitrogen and oxygen atoms in total. The summed E-state index contributed by atoms with van der Waals surface area (Å²) in [5, 5.41) is 5.44. The second-order valence-corrected chi connectivity index (χ2v) is 5.19. The molecule has 0 bridgehead atoms. The fraction of sp³-hybridized carbons (Fsp3) is 0.0714. The van der Waals surface area contributed by atoms with E-state index >= 15 is 0 Å². The molecular weight excluding hydrogens is 338 g/mol. The molecule has 2 N–H and O–H groups in total. The van der Waals surface area contributed by atoms with Gasteiger partial charge in [-0.05, 0) is 34.1 Å². The van der Waals surface area contributed by atoms with Crippen molar-refractivity contribution in [1.29, 1.82) is 0 Å². The molecule has 2 aromatic rings. The number of carbonyl (C=O) groups excluding carboxylic acids is 2. The molecule has 0 atom stereocenters. The number of halogens is 1. The minimum Gasteiger partial charge on any atom is -0.482 e. The van der Waals surface area contributed by atoms with E-state index < -0.39 is 0 Å². The first kappa shape index (κ1) is 13.6. The van der Waals surface area contributed by atoms with Gasteiger partial charge in [0.05, 0.1) is 11.4 Å². The smallest absolute Gasteiger partial charge is 0.274 e. The molecule has 0 fully saturated rings. The van der Waals surface area contributed by atoms with Gasteiger partial charge in [0.25, 0.3) is 11.8 Å². The summed E-state index contributed by atoms with van der Waals surface area (Å²) in [7, 11) is 0. The number of nitrogens with zero attached hydrogens (tertiary/aromatic N) is 1. The summed E-state index contributed by atoms with van der Waals surface area (Å²) in [4.78, 5) is 27.3. The summed E-state index contributed by atoms with van der Waals surface area (Å²) < 4.78 is 5.95.